The van der Waals surface area contributed by atoms with Crippen LogP contribution >= 0.6 is 0 Å². The van der Waals surface area contributed by atoms with E-state index in [4.69, 9.17) is 9.47 Å². The van der Waals surface area contributed by atoms with E-state index in [9.17, 15) is 5.11 Å². The molecule has 1 fully saturated rings. The van der Waals surface area contributed by atoms with E-state index in [1.807, 2.05) is 18.2 Å². The molecule has 3 aromatic carbocycles. The van der Waals surface area contributed by atoms with E-state index in [0.717, 1.165) is 30.1 Å². The standard InChI is InChI=1S/C31H37NO3/c33-26-14-17-30-28(22-26)31(29(23-35-30)24-10-4-3-5-11-24)25-12-15-27(16-13-25)34-21-9-2-1-6-18-32-19-7-8-20-32/h3-5,10-17,22,29,31,33H,1-2,6-9,18-21,23H2/t29-,31-/m1/s1. The van der Waals surface area contributed by atoms with E-state index in [0.29, 0.717) is 6.61 Å². The van der Waals surface area contributed by atoms with Gasteiger partial charge in [0.25, 0.3) is 0 Å². The molecule has 0 aromatic heterocycles. The van der Waals surface area contributed by atoms with Crippen LogP contribution in [0.1, 0.15) is 67.1 Å². The van der Waals surface area contributed by atoms with Crippen LogP contribution < -0.4 is 9.47 Å². The monoisotopic (exact) mass is 471 g/mol. The van der Waals surface area contributed by atoms with E-state index in [-0.39, 0.29) is 17.6 Å². The predicted octanol–water partition coefficient (Wildman–Crippen LogP) is 6.74. The molecule has 2 aliphatic heterocycles. The molecular formula is C31H37NO3. The minimum Gasteiger partial charge on any atom is -0.508 e. The van der Waals surface area contributed by atoms with Crippen LogP contribution in [-0.4, -0.2) is 42.9 Å². The van der Waals surface area contributed by atoms with Crippen LogP contribution in [-0.2, 0) is 0 Å². The quantitative estimate of drug-likeness (QED) is 0.333. The molecule has 4 nitrogen and oxygen atoms in total. The number of unbranched alkanes of at least 4 members (excludes halogenated alkanes) is 3. The van der Waals surface area contributed by atoms with Crippen molar-refractivity contribution in [1.82, 2.24) is 4.90 Å². The summed E-state index contributed by atoms with van der Waals surface area (Å²) >= 11 is 0. The summed E-state index contributed by atoms with van der Waals surface area (Å²) in [5.41, 5.74) is 3.49. The number of hydrogen-bond donors (Lipinski definition) is 1. The van der Waals surface area contributed by atoms with Crippen LogP contribution in [0.3, 0.4) is 0 Å². The van der Waals surface area contributed by atoms with E-state index in [1.165, 1.54) is 62.9 Å². The fraction of sp³-hybridized carbons (Fsp3) is 0.419. The lowest BCUT2D eigenvalue weighted by Crippen LogP contribution is -2.25. The van der Waals surface area contributed by atoms with Gasteiger partial charge in [-0.1, -0.05) is 55.3 Å². The number of likely N-dealkylation sites (tertiary alicyclic amines) is 1. The van der Waals surface area contributed by atoms with E-state index < -0.39 is 0 Å². The van der Waals surface area contributed by atoms with Crippen molar-refractivity contribution in [2.24, 2.45) is 0 Å². The second kappa shape index (κ2) is 11.6. The summed E-state index contributed by atoms with van der Waals surface area (Å²) < 4.78 is 12.2. The van der Waals surface area contributed by atoms with Crippen molar-refractivity contribution in [3.8, 4) is 17.2 Å². The molecule has 1 N–H and O–H groups in total. The smallest absolute Gasteiger partial charge is 0.123 e. The van der Waals surface area contributed by atoms with Crippen molar-refractivity contribution < 1.29 is 14.6 Å². The van der Waals surface area contributed by atoms with Gasteiger partial charge in [0.2, 0.25) is 0 Å². The van der Waals surface area contributed by atoms with Gasteiger partial charge in [0, 0.05) is 17.4 Å². The highest BCUT2D eigenvalue weighted by Gasteiger charge is 2.33. The van der Waals surface area contributed by atoms with Gasteiger partial charge in [0.15, 0.2) is 0 Å². The number of phenolic OH excluding ortho intramolecular Hbond substituents is 1. The third-order valence-corrected chi connectivity index (χ3v) is 7.45. The average molecular weight is 472 g/mol. The van der Waals surface area contributed by atoms with Crippen LogP contribution in [0.25, 0.3) is 0 Å². The van der Waals surface area contributed by atoms with Gasteiger partial charge in [-0.05, 0) is 86.8 Å². The van der Waals surface area contributed by atoms with Crippen molar-refractivity contribution in [3.05, 3.63) is 89.5 Å². The number of phenols is 1. The van der Waals surface area contributed by atoms with Crippen molar-refractivity contribution in [2.45, 2.75) is 50.4 Å². The predicted molar refractivity (Wildman–Crippen MR) is 141 cm³/mol. The molecule has 5 rings (SSSR count). The van der Waals surface area contributed by atoms with Crippen molar-refractivity contribution in [2.75, 3.05) is 32.8 Å². The van der Waals surface area contributed by atoms with Crippen molar-refractivity contribution >= 4 is 0 Å². The van der Waals surface area contributed by atoms with Gasteiger partial charge in [0.1, 0.15) is 17.2 Å². The maximum Gasteiger partial charge on any atom is 0.123 e. The molecule has 2 aliphatic rings. The highest BCUT2D eigenvalue weighted by atomic mass is 16.5. The minimum atomic E-state index is 0.109. The summed E-state index contributed by atoms with van der Waals surface area (Å²) in [5, 5.41) is 10.2. The van der Waals surface area contributed by atoms with Crippen LogP contribution in [0, 0.1) is 0 Å². The largest absolute Gasteiger partial charge is 0.508 e. The number of aromatic hydroxyl groups is 1. The molecule has 184 valence electrons. The number of hydrogen-bond acceptors (Lipinski definition) is 4. The van der Waals surface area contributed by atoms with Gasteiger partial charge >= 0.3 is 0 Å². The average Bonchev–Trinajstić information content (AvgIpc) is 3.42. The third-order valence-electron chi connectivity index (χ3n) is 7.45. The Morgan fingerprint density at radius 2 is 1.60 bits per heavy atom. The highest BCUT2D eigenvalue weighted by Crippen LogP contribution is 2.47. The Morgan fingerprint density at radius 1 is 0.829 bits per heavy atom. The summed E-state index contributed by atoms with van der Waals surface area (Å²) in [4.78, 5) is 2.60. The Bertz CT molecular complexity index is 1060. The molecule has 2 heterocycles. The first-order valence-corrected chi connectivity index (χ1v) is 13.2. The van der Waals surface area contributed by atoms with Gasteiger partial charge in [-0.25, -0.2) is 0 Å². The van der Waals surface area contributed by atoms with Crippen LogP contribution in [0.2, 0.25) is 0 Å². The molecule has 0 spiro atoms. The Balaban J connectivity index is 1.20. The summed E-state index contributed by atoms with van der Waals surface area (Å²) in [6.07, 6.45) is 7.68. The normalized spacial score (nSPS) is 19.8. The molecular weight excluding hydrogens is 434 g/mol. The second-order valence-electron chi connectivity index (χ2n) is 9.91. The van der Waals surface area contributed by atoms with Gasteiger partial charge in [-0.3, -0.25) is 0 Å². The van der Waals surface area contributed by atoms with E-state index in [1.54, 1.807) is 6.07 Å². The first-order chi connectivity index (χ1) is 17.3. The minimum absolute atomic E-state index is 0.109. The summed E-state index contributed by atoms with van der Waals surface area (Å²) in [6.45, 7) is 5.24. The Morgan fingerprint density at radius 3 is 2.40 bits per heavy atom. The fourth-order valence-corrected chi connectivity index (χ4v) is 5.56. The van der Waals surface area contributed by atoms with Gasteiger partial charge in [0.05, 0.1) is 13.2 Å². The van der Waals surface area contributed by atoms with Crippen molar-refractivity contribution in [1.29, 1.82) is 0 Å². The second-order valence-corrected chi connectivity index (χ2v) is 9.91. The van der Waals surface area contributed by atoms with Crippen LogP contribution in [0.5, 0.6) is 17.2 Å². The first kappa shape index (κ1) is 23.7. The Labute approximate surface area is 209 Å². The lowest BCUT2D eigenvalue weighted by Gasteiger charge is -2.34. The molecule has 0 amide bonds. The lowest BCUT2D eigenvalue weighted by molar-refractivity contribution is 0.248. The summed E-state index contributed by atoms with van der Waals surface area (Å²) in [6, 6.07) is 24.5. The third kappa shape index (κ3) is 5.99. The number of benzene rings is 3. The molecule has 1 saturated heterocycles. The topological polar surface area (TPSA) is 41.9 Å². The molecule has 0 saturated carbocycles. The molecule has 35 heavy (non-hydrogen) atoms. The zero-order valence-corrected chi connectivity index (χ0v) is 20.6. The van der Waals surface area contributed by atoms with E-state index in [2.05, 4.69) is 53.4 Å². The van der Waals surface area contributed by atoms with Gasteiger partial charge < -0.3 is 19.5 Å². The molecule has 2 atom stereocenters. The number of nitrogens with zero attached hydrogens (tertiary/aromatic N) is 1. The van der Waals surface area contributed by atoms with Gasteiger partial charge in [-0.15, -0.1) is 0 Å². The molecule has 4 heteroatoms. The molecule has 0 bridgehead atoms. The zero-order valence-electron chi connectivity index (χ0n) is 20.6. The summed E-state index contributed by atoms with van der Waals surface area (Å²) in [5.74, 6) is 2.33. The Kier molecular flexibility index (Phi) is 7.89. The summed E-state index contributed by atoms with van der Waals surface area (Å²) in [7, 11) is 0. The molecule has 0 aliphatic carbocycles. The lowest BCUT2D eigenvalue weighted by atomic mass is 9.76. The zero-order chi connectivity index (χ0) is 23.9. The number of rotatable bonds is 10. The highest BCUT2D eigenvalue weighted by molar-refractivity contribution is 5.51. The maximum absolute atomic E-state index is 10.2. The van der Waals surface area contributed by atoms with Gasteiger partial charge in [-0.2, -0.15) is 0 Å². The molecule has 0 radical (unpaired) electrons. The van der Waals surface area contributed by atoms with E-state index >= 15 is 0 Å². The maximum atomic E-state index is 10.2. The molecule has 0 unspecified atom stereocenters. The number of fused-ring (bicyclic) bond motifs is 1. The van der Waals surface area contributed by atoms with Crippen molar-refractivity contribution in [3.63, 3.8) is 0 Å². The molecule has 3 aromatic rings. The first-order valence-electron chi connectivity index (χ1n) is 13.2. The van der Waals surface area contributed by atoms with Crippen LogP contribution in [0.4, 0.5) is 0 Å². The SMILES string of the molecule is Oc1ccc2c(c1)[C@@H](c1ccc(OCCCCCCN3CCCC3)cc1)[C@@H](c1ccccc1)CO2. The van der Waals surface area contributed by atoms with Crippen LogP contribution in [0.15, 0.2) is 72.8 Å². The Hall–Kier alpha value is -2.98. The number of ether oxygens (including phenoxy) is 2. The fourth-order valence-electron chi connectivity index (χ4n) is 5.56.